The highest BCUT2D eigenvalue weighted by molar-refractivity contribution is 9.10. The molecule has 1 aromatic carbocycles. The topological polar surface area (TPSA) is 92.7 Å². The maximum atomic E-state index is 12.4. The van der Waals surface area contributed by atoms with E-state index < -0.39 is 22.0 Å². The summed E-state index contributed by atoms with van der Waals surface area (Å²) in [7, 11) is -2.66. The van der Waals surface area contributed by atoms with E-state index in [0.717, 1.165) is 0 Å². The van der Waals surface area contributed by atoms with Gasteiger partial charge >= 0.3 is 5.97 Å². The van der Waals surface area contributed by atoms with Crippen molar-refractivity contribution in [2.45, 2.75) is 31.2 Å². The molecule has 118 valence electrons. The molecule has 1 rings (SSSR count). The first-order chi connectivity index (χ1) is 9.72. The zero-order chi connectivity index (χ0) is 16.2. The number of carboxylic acid groups (broad SMARTS) is 1. The Morgan fingerprint density at radius 3 is 2.57 bits per heavy atom. The summed E-state index contributed by atoms with van der Waals surface area (Å²) in [5.74, 6) is -1.39. The SMILES string of the molecule is CC[C@H](C)[C@H](NS(=O)(=O)c1cc(Br)ccc1OC)C(=O)O. The molecule has 0 fully saturated rings. The van der Waals surface area contributed by atoms with E-state index in [9.17, 15) is 18.3 Å². The van der Waals surface area contributed by atoms with E-state index in [4.69, 9.17) is 4.74 Å². The van der Waals surface area contributed by atoms with Gasteiger partial charge in [0.15, 0.2) is 0 Å². The summed E-state index contributed by atoms with van der Waals surface area (Å²) in [5.41, 5.74) is 0. The third-order valence-electron chi connectivity index (χ3n) is 3.18. The molecule has 0 radical (unpaired) electrons. The van der Waals surface area contributed by atoms with Crippen LogP contribution in [0.4, 0.5) is 0 Å². The predicted octanol–water partition coefficient (Wildman–Crippen LogP) is 2.24. The second-order valence-corrected chi connectivity index (χ2v) is 7.22. The van der Waals surface area contributed by atoms with Gasteiger partial charge in [0.2, 0.25) is 10.0 Å². The molecule has 0 saturated carbocycles. The number of ether oxygens (including phenoxy) is 1. The monoisotopic (exact) mass is 379 g/mol. The fourth-order valence-corrected chi connectivity index (χ4v) is 3.74. The third kappa shape index (κ3) is 4.42. The van der Waals surface area contributed by atoms with Crippen LogP contribution in [0.2, 0.25) is 0 Å². The average Bonchev–Trinajstić information content (AvgIpc) is 2.43. The van der Waals surface area contributed by atoms with Crippen LogP contribution in [0.1, 0.15) is 20.3 Å². The minimum Gasteiger partial charge on any atom is -0.495 e. The molecule has 0 aliphatic rings. The largest absolute Gasteiger partial charge is 0.495 e. The molecule has 2 N–H and O–H groups in total. The zero-order valence-electron chi connectivity index (χ0n) is 12.0. The molecule has 1 aromatic rings. The number of halogens is 1. The van der Waals surface area contributed by atoms with Gasteiger partial charge in [0.05, 0.1) is 7.11 Å². The van der Waals surface area contributed by atoms with Crippen LogP contribution in [0.25, 0.3) is 0 Å². The standard InChI is InChI=1S/C13H18BrNO5S/c1-4-8(2)12(13(16)17)15-21(18,19)11-7-9(14)5-6-10(11)20-3/h5-8,12,15H,4H2,1-3H3,(H,16,17)/t8-,12-/m0/s1. The smallest absolute Gasteiger partial charge is 0.322 e. The average molecular weight is 380 g/mol. The number of nitrogens with one attached hydrogen (secondary N) is 1. The quantitative estimate of drug-likeness (QED) is 0.757. The highest BCUT2D eigenvalue weighted by Gasteiger charge is 2.31. The van der Waals surface area contributed by atoms with Crippen molar-refractivity contribution >= 4 is 31.9 Å². The molecule has 0 aliphatic heterocycles. The summed E-state index contributed by atoms with van der Waals surface area (Å²) < 4.78 is 32.7. The summed E-state index contributed by atoms with van der Waals surface area (Å²) >= 11 is 3.19. The lowest BCUT2D eigenvalue weighted by molar-refractivity contribution is -0.140. The lowest BCUT2D eigenvalue weighted by atomic mass is 10.0. The molecule has 0 heterocycles. The summed E-state index contributed by atoms with van der Waals surface area (Å²) in [5, 5.41) is 9.20. The maximum Gasteiger partial charge on any atom is 0.322 e. The number of benzene rings is 1. The molecule has 0 aliphatic carbocycles. The predicted molar refractivity (Wildman–Crippen MR) is 81.9 cm³/mol. The van der Waals surface area contributed by atoms with E-state index in [2.05, 4.69) is 20.7 Å². The van der Waals surface area contributed by atoms with Gasteiger partial charge < -0.3 is 9.84 Å². The van der Waals surface area contributed by atoms with Gasteiger partial charge in [0.25, 0.3) is 0 Å². The lowest BCUT2D eigenvalue weighted by Gasteiger charge is -2.20. The highest BCUT2D eigenvalue weighted by Crippen LogP contribution is 2.27. The van der Waals surface area contributed by atoms with Crippen molar-refractivity contribution < 1.29 is 23.1 Å². The molecule has 6 nitrogen and oxygen atoms in total. The molecule has 0 unspecified atom stereocenters. The van der Waals surface area contributed by atoms with Gasteiger partial charge in [-0.1, -0.05) is 36.2 Å². The van der Waals surface area contributed by atoms with Crippen molar-refractivity contribution in [1.82, 2.24) is 4.72 Å². The Labute approximate surface area is 132 Å². The molecule has 8 heteroatoms. The van der Waals surface area contributed by atoms with Crippen LogP contribution in [0.3, 0.4) is 0 Å². The van der Waals surface area contributed by atoms with Crippen molar-refractivity contribution in [3.8, 4) is 5.75 Å². The van der Waals surface area contributed by atoms with E-state index in [1.165, 1.54) is 19.2 Å². The summed E-state index contributed by atoms with van der Waals surface area (Å²) in [4.78, 5) is 11.2. The van der Waals surface area contributed by atoms with Crippen LogP contribution in [-0.4, -0.2) is 32.6 Å². The fraction of sp³-hybridized carbons (Fsp3) is 0.462. The van der Waals surface area contributed by atoms with E-state index in [-0.39, 0.29) is 16.6 Å². The third-order valence-corrected chi connectivity index (χ3v) is 5.13. The summed E-state index contributed by atoms with van der Waals surface area (Å²) in [6.45, 7) is 3.48. The number of hydrogen-bond donors (Lipinski definition) is 2. The summed E-state index contributed by atoms with van der Waals surface area (Å²) in [6.07, 6.45) is 0.537. The van der Waals surface area contributed by atoms with Crippen LogP contribution in [0.15, 0.2) is 27.6 Å². The van der Waals surface area contributed by atoms with Gasteiger partial charge in [-0.3, -0.25) is 4.79 Å². The summed E-state index contributed by atoms with van der Waals surface area (Å²) in [6, 6.07) is 3.32. The van der Waals surface area contributed by atoms with Crippen molar-refractivity contribution in [3.05, 3.63) is 22.7 Å². The number of carbonyl (C=O) groups is 1. The molecule has 0 saturated heterocycles. The van der Waals surface area contributed by atoms with E-state index >= 15 is 0 Å². The van der Waals surface area contributed by atoms with E-state index in [1.54, 1.807) is 19.9 Å². The number of hydrogen-bond acceptors (Lipinski definition) is 4. The first kappa shape index (κ1) is 17.9. The number of carboxylic acids is 1. The van der Waals surface area contributed by atoms with Crippen molar-refractivity contribution in [3.63, 3.8) is 0 Å². The van der Waals surface area contributed by atoms with Crippen LogP contribution < -0.4 is 9.46 Å². The Hall–Kier alpha value is -1.12. The van der Waals surface area contributed by atoms with Gasteiger partial charge in [-0.25, -0.2) is 8.42 Å². The molecule has 2 atom stereocenters. The number of sulfonamides is 1. The first-order valence-corrected chi connectivity index (χ1v) is 8.59. The zero-order valence-corrected chi connectivity index (χ0v) is 14.4. The first-order valence-electron chi connectivity index (χ1n) is 6.31. The molecule has 0 bridgehead atoms. The fourth-order valence-electron chi connectivity index (χ4n) is 1.74. The molecule has 0 aromatic heterocycles. The van der Waals surface area contributed by atoms with E-state index in [0.29, 0.717) is 10.9 Å². The maximum absolute atomic E-state index is 12.4. The van der Waals surface area contributed by atoms with E-state index in [1.807, 2.05) is 0 Å². The minimum absolute atomic E-state index is 0.103. The van der Waals surface area contributed by atoms with Gasteiger partial charge in [-0.05, 0) is 24.1 Å². The lowest BCUT2D eigenvalue weighted by Crippen LogP contribution is -2.44. The molecule has 0 amide bonds. The Bertz CT molecular complexity index is 617. The second-order valence-electron chi connectivity index (χ2n) is 4.62. The van der Waals surface area contributed by atoms with Crippen LogP contribution in [-0.2, 0) is 14.8 Å². The van der Waals surface area contributed by atoms with Gasteiger partial charge in [0.1, 0.15) is 16.7 Å². The van der Waals surface area contributed by atoms with Crippen LogP contribution in [0.5, 0.6) is 5.75 Å². The Kier molecular flexibility index (Phi) is 6.18. The van der Waals surface area contributed by atoms with Gasteiger partial charge in [-0.2, -0.15) is 4.72 Å². The minimum atomic E-state index is -4.01. The second kappa shape index (κ2) is 7.24. The molecular weight excluding hydrogens is 362 g/mol. The number of methoxy groups -OCH3 is 1. The number of aliphatic carboxylic acids is 1. The normalized spacial score (nSPS) is 14.5. The van der Waals surface area contributed by atoms with Crippen LogP contribution >= 0.6 is 15.9 Å². The molecule has 0 spiro atoms. The molecule has 21 heavy (non-hydrogen) atoms. The number of rotatable bonds is 7. The van der Waals surface area contributed by atoms with Crippen molar-refractivity contribution in [2.75, 3.05) is 7.11 Å². The Balaban J connectivity index is 3.22. The van der Waals surface area contributed by atoms with Crippen molar-refractivity contribution in [2.24, 2.45) is 5.92 Å². The van der Waals surface area contributed by atoms with Gasteiger partial charge in [-0.15, -0.1) is 0 Å². The molecular formula is C13H18BrNO5S. The van der Waals surface area contributed by atoms with Gasteiger partial charge in [0, 0.05) is 4.47 Å². The van der Waals surface area contributed by atoms with Crippen molar-refractivity contribution in [1.29, 1.82) is 0 Å². The Morgan fingerprint density at radius 2 is 2.10 bits per heavy atom. The Morgan fingerprint density at radius 1 is 1.48 bits per heavy atom. The highest BCUT2D eigenvalue weighted by atomic mass is 79.9. The van der Waals surface area contributed by atoms with Crippen LogP contribution in [0, 0.1) is 5.92 Å².